The first-order valence-corrected chi connectivity index (χ1v) is 27.0. The molecule has 6 heterocycles. The number of piperazine rings is 1. The maximum atomic E-state index is 14.5. The zero-order valence-electron chi connectivity index (χ0n) is 43.0. The van der Waals surface area contributed by atoms with Gasteiger partial charge < -0.3 is 64.3 Å². The lowest BCUT2D eigenvalue weighted by atomic mass is 9.97. The number of aromatic nitrogens is 2. The highest BCUT2D eigenvalue weighted by molar-refractivity contribution is 7.17. The average molecular weight is 1090 g/mol. The van der Waals surface area contributed by atoms with E-state index in [1.165, 1.54) is 12.2 Å². The van der Waals surface area contributed by atoms with Crippen LogP contribution in [0.3, 0.4) is 0 Å². The monoisotopic (exact) mass is 1090 g/mol. The number of rotatable bonds is 26. The molecule has 3 aliphatic heterocycles. The smallest absolute Gasteiger partial charge is 0.274 e. The summed E-state index contributed by atoms with van der Waals surface area (Å²) < 4.78 is 29.5. The third kappa shape index (κ3) is 13.4. The van der Waals surface area contributed by atoms with Gasteiger partial charge in [0.1, 0.15) is 17.1 Å². The summed E-state index contributed by atoms with van der Waals surface area (Å²) in [7, 11) is 2.11. The SMILES string of the molecule is C=C(Oc1cc2c(c3c(C)csc13)[C@@H](CCl)CN2C(=O)c1cc2cc(NC(=O)c3cc4cc(NC(=O)CCOCCOCCOCCOCCNC(=O)CCN5C(=O)C=CC5=O)ccc4[nH]3)ccc2[nH]1)N1CCN(C)CC1. The molecule has 0 aliphatic carbocycles. The van der Waals surface area contributed by atoms with Gasteiger partial charge in [-0.15, -0.1) is 22.9 Å². The molecule has 9 rings (SSSR count). The molecule has 0 unspecified atom stereocenters. The lowest BCUT2D eigenvalue weighted by Gasteiger charge is -2.34. The van der Waals surface area contributed by atoms with Gasteiger partial charge in [-0.25, -0.2) is 0 Å². The lowest BCUT2D eigenvalue weighted by molar-refractivity contribution is -0.137. The first kappa shape index (κ1) is 54.7. The number of imide groups is 1. The second-order valence-electron chi connectivity index (χ2n) is 18.9. The van der Waals surface area contributed by atoms with Crippen LogP contribution in [0.1, 0.15) is 50.9 Å². The first-order chi connectivity index (χ1) is 37.3. The Balaban J connectivity index is 0.686. The molecule has 1 saturated heterocycles. The number of thiophene rings is 1. The minimum absolute atomic E-state index is 0.0237. The van der Waals surface area contributed by atoms with Crippen molar-refractivity contribution in [3.8, 4) is 5.75 Å². The zero-order chi connectivity index (χ0) is 54.0. The highest BCUT2D eigenvalue weighted by Gasteiger charge is 2.37. The number of benzene rings is 3. The third-order valence-corrected chi connectivity index (χ3v) is 15.0. The molecule has 3 aromatic heterocycles. The van der Waals surface area contributed by atoms with Crippen LogP contribution in [0.5, 0.6) is 5.75 Å². The van der Waals surface area contributed by atoms with Crippen LogP contribution in [0, 0.1) is 6.92 Å². The molecule has 1 fully saturated rings. The summed E-state index contributed by atoms with van der Waals surface area (Å²) in [5.74, 6) is -0.375. The standard InChI is InChI=1S/C55H62ClN9O11S/c1-34-33-77-53-46(76-35(2)63-16-14-62(3)15-17-63)30-45-52(51(34)53)38(31-56)32-65(45)55(71)44-29-37-27-40(5-7-42(37)61-44)59-54(70)43-28-36-26-39(4-6-41(36)60-43)58-48(67)11-18-72-20-22-74-24-25-75-23-21-73-19-12-57-47(66)10-13-64-49(68)8-9-50(64)69/h4-9,26-30,33,38,60-61H,2,10-25,31-32H2,1,3H3,(H,57,66)(H,58,67)(H,59,70)/t38-/m0/s1. The number of alkyl halides is 1. The van der Waals surface area contributed by atoms with Crippen LogP contribution in [0.15, 0.2) is 84.6 Å². The van der Waals surface area contributed by atoms with Crippen LogP contribution in [-0.4, -0.2) is 172 Å². The van der Waals surface area contributed by atoms with Gasteiger partial charge in [0, 0.05) is 121 Å². The molecule has 1 atom stereocenters. The first-order valence-electron chi connectivity index (χ1n) is 25.5. The maximum absolute atomic E-state index is 14.5. The minimum atomic E-state index is -0.416. The number of carbonyl (C=O) groups excluding carboxylic acids is 6. The molecule has 77 heavy (non-hydrogen) atoms. The van der Waals surface area contributed by atoms with Crippen molar-refractivity contribution in [3.63, 3.8) is 0 Å². The van der Waals surface area contributed by atoms with Gasteiger partial charge >= 0.3 is 0 Å². The van der Waals surface area contributed by atoms with Gasteiger partial charge in [-0.1, -0.05) is 0 Å². The van der Waals surface area contributed by atoms with Crippen molar-refractivity contribution in [2.75, 3.05) is 127 Å². The molecule has 406 valence electrons. The Morgan fingerprint density at radius 2 is 1.36 bits per heavy atom. The number of fused-ring (bicyclic) bond motifs is 5. The predicted octanol–water partition coefficient (Wildman–Crippen LogP) is 6.33. The number of halogens is 1. The van der Waals surface area contributed by atoms with E-state index in [1.54, 1.807) is 52.6 Å². The Kier molecular flexibility index (Phi) is 18.0. The number of ether oxygens (including phenoxy) is 5. The van der Waals surface area contributed by atoms with Gasteiger partial charge in [0.2, 0.25) is 11.8 Å². The van der Waals surface area contributed by atoms with Gasteiger partial charge in [-0.2, -0.15) is 0 Å². The molecular weight excluding hydrogens is 1030 g/mol. The lowest BCUT2D eigenvalue weighted by Crippen LogP contribution is -2.44. The second kappa shape index (κ2) is 25.4. The summed E-state index contributed by atoms with van der Waals surface area (Å²) in [5, 5.41) is 13.2. The topological polar surface area (TPSA) is 229 Å². The number of hydrogen-bond donors (Lipinski definition) is 5. The van der Waals surface area contributed by atoms with E-state index in [2.05, 4.69) is 61.6 Å². The van der Waals surface area contributed by atoms with Gasteiger partial charge in [-0.05, 0) is 85.6 Å². The molecule has 3 aliphatic rings. The van der Waals surface area contributed by atoms with Crippen molar-refractivity contribution < 1.29 is 52.5 Å². The zero-order valence-corrected chi connectivity index (χ0v) is 44.6. The second-order valence-corrected chi connectivity index (χ2v) is 20.1. The molecule has 5 N–H and O–H groups in total. The molecule has 6 amide bonds. The number of anilines is 3. The molecular formula is C55H62ClN9O11S. The van der Waals surface area contributed by atoms with E-state index in [1.807, 2.05) is 18.2 Å². The Morgan fingerprint density at radius 1 is 0.753 bits per heavy atom. The number of nitrogens with zero attached hydrogens (tertiary/aromatic N) is 4. The van der Waals surface area contributed by atoms with Crippen LogP contribution < -0.4 is 25.6 Å². The van der Waals surface area contributed by atoms with E-state index >= 15 is 0 Å². The van der Waals surface area contributed by atoms with Crippen molar-refractivity contribution in [2.45, 2.75) is 25.7 Å². The van der Waals surface area contributed by atoms with E-state index in [9.17, 15) is 28.8 Å². The fraction of sp³-hybridized carbons (Fsp3) is 0.382. The van der Waals surface area contributed by atoms with Gasteiger partial charge in [0.15, 0.2) is 5.88 Å². The minimum Gasteiger partial charge on any atom is -0.440 e. The van der Waals surface area contributed by atoms with E-state index in [0.717, 1.165) is 79.8 Å². The fourth-order valence-electron chi connectivity index (χ4n) is 9.41. The van der Waals surface area contributed by atoms with Gasteiger partial charge in [0.25, 0.3) is 23.6 Å². The number of hydrogen-bond acceptors (Lipinski definition) is 14. The number of H-pyrrole nitrogens is 2. The van der Waals surface area contributed by atoms with Crippen molar-refractivity contribution in [1.29, 1.82) is 0 Å². The number of aryl methyl sites for hydroxylation is 1. The molecule has 3 aromatic carbocycles. The van der Waals surface area contributed by atoms with Gasteiger partial charge in [-0.3, -0.25) is 33.7 Å². The molecule has 6 aromatic rings. The van der Waals surface area contributed by atoms with E-state index in [0.29, 0.717) is 99.6 Å². The normalized spacial score (nSPS) is 15.6. The summed E-state index contributed by atoms with van der Waals surface area (Å²) >= 11 is 8.24. The number of nitrogens with one attached hydrogen (secondary N) is 5. The third-order valence-electron chi connectivity index (χ3n) is 13.5. The van der Waals surface area contributed by atoms with Gasteiger partial charge in [0.05, 0.1) is 69.7 Å². The van der Waals surface area contributed by atoms with Crippen molar-refractivity contribution >= 4 is 107 Å². The molecule has 20 nitrogen and oxygen atoms in total. The number of likely N-dealkylation sites (N-methyl/N-ethyl adjacent to an activating group) is 1. The molecule has 0 radical (unpaired) electrons. The molecule has 22 heteroatoms. The molecule has 0 saturated carbocycles. The maximum Gasteiger partial charge on any atom is 0.274 e. The average Bonchev–Trinajstić information content (AvgIpc) is 4.40. The highest BCUT2D eigenvalue weighted by Crippen LogP contribution is 2.49. The van der Waals surface area contributed by atoms with E-state index in [-0.39, 0.29) is 55.5 Å². The van der Waals surface area contributed by atoms with Crippen LogP contribution in [-0.2, 0) is 38.1 Å². The Labute approximate surface area is 453 Å². The summed E-state index contributed by atoms with van der Waals surface area (Å²) in [6.45, 7) is 13.1. The largest absolute Gasteiger partial charge is 0.440 e. The number of carbonyl (C=O) groups is 6. The summed E-state index contributed by atoms with van der Waals surface area (Å²) in [5.41, 5.74) is 6.23. The number of amides is 6. The van der Waals surface area contributed by atoms with Crippen molar-refractivity contribution in [2.24, 2.45) is 0 Å². The van der Waals surface area contributed by atoms with Crippen LogP contribution in [0.4, 0.5) is 17.1 Å². The van der Waals surface area contributed by atoms with Crippen LogP contribution in [0.2, 0.25) is 0 Å². The van der Waals surface area contributed by atoms with E-state index < -0.39 is 11.8 Å². The summed E-state index contributed by atoms with van der Waals surface area (Å²) in [4.78, 5) is 89.5. The Morgan fingerprint density at radius 3 is 2.03 bits per heavy atom. The molecule has 0 bridgehead atoms. The van der Waals surface area contributed by atoms with Crippen LogP contribution >= 0.6 is 22.9 Å². The van der Waals surface area contributed by atoms with Crippen molar-refractivity contribution in [1.82, 2.24) is 30.0 Å². The van der Waals surface area contributed by atoms with Crippen LogP contribution in [0.25, 0.3) is 31.9 Å². The Hall–Kier alpha value is -7.11. The number of aromatic amines is 2. The van der Waals surface area contributed by atoms with E-state index in [4.69, 9.17) is 35.3 Å². The predicted molar refractivity (Wildman–Crippen MR) is 295 cm³/mol. The summed E-state index contributed by atoms with van der Waals surface area (Å²) in [6, 6.07) is 16.3. The quantitative estimate of drug-likeness (QED) is 0.0173. The molecule has 0 spiro atoms. The highest BCUT2D eigenvalue weighted by atomic mass is 35.5. The Bertz CT molecular complexity index is 3200. The van der Waals surface area contributed by atoms with Crippen molar-refractivity contribution in [3.05, 3.63) is 107 Å². The fourth-order valence-corrected chi connectivity index (χ4v) is 10.7. The summed E-state index contributed by atoms with van der Waals surface area (Å²) in [6.07, 6.45) is 2.52.